The molecule has 0 aliphatic heterocycles. The highest BCUT2D eigenvalue weighted by Crippen LogP contribution is 2.61. The van der Waals surface area contributed by atoms with Crippen molar-refractivity contribution in [2.45, 2.75) is 24.7 Å². The average molecular weight is 364 g/mol. The molecule has 6 nitrogen and oxygen atoms in total. The lowest BCUT2D eigenvalue weighted by Gasteiger charge is -2.12. The van der Waals surface area contributed by atoms with Crippen molar-refractivity contribution in [2.24, 2.45) is 5.92 Å². The third kappa shape index (κ3) is 3.18. The molecule has 1 fully saturated rings. The van der Waals surface area contributed by atoms with E-state index in [1.807, 2.05) is 12.1 Å². The maximum atomic E-state index is 12.7. The fourth-order valence-electron chi connectivity index (χ4n) is 4.13. The van der Waals surface area contributed by atoms with Crippen LogP contribution in [0.3, 0.4) is 0 Å². The molecule has 1 saturated carbocycles. The fraction of sp³-hybridized carbons (Fsp3) is 0.286. The van der Waals surface area contributed by atoms with Crippen LogP contribution in [0.1, 0.15) is 34.3 Å². The molecule has 0 aromatic heterocycles. The van der Waals surface area contributed by atoms with E-state index in [0.29, 0.717) is 11.3 Å². The third-order valence-corrected chi connectivity index (χ3v) is 5.60. The molecule has 0 radical (unpaired) electrons. The lowest BCUT2D eigenvalue weighted by molar-refractivity contribution is -0.135. The monoisotopic (exact) mass is 364 g/mol. The first-order valence-corrected chi connectivity index (χ1v) is 8.99. The Kier molecular flexibility index (Phi) is 4.18. The number of benzene rings is 2. The smallest absolute Gasteiger partial charge is 0.322 e. The Balaban J connectivity index is 1.39. The van der Waals surface area contributed by atoms with Crippen molar-refractivity contribution in [3.63, 3.8) is 0 Å². The van der Waals surface area contributed by atoms with Gasteiger partial charge in [-0.3, -0.25) is 14.4 Å². The Bertz CT molecular complexity index is 922. The number of rotatable bonds is 5. The van der Waals surface area contributed by atoms with Gasteiger partial charge >= 0.3 is 5.97 Å². The number of aryl methyl sites for hydroxylation is 1. The molecule has 27 heavy (non-hydrogen) atoms. The van der Waals surface area contributed by atoms with E-state index < -0.39 is 18.4 Å². The summed E-state index contributed by atoms with van der Waals surface area (Å²) in [4.78, 5) is 35.0. The Morgan fingerprint density at radius 3 is 2.56 bits per heavy atom. The Morgan fingerprint density at radius 2 is 1.81 bits per heavy atom. The first kappa shape index (κ1) is 17.3. The average Bonchev–Trinajstić information content (AvgIpc) is 3.29. The second-order valence-electron chi connectivity index (χ2n) is 7.21. The summed E-state index contributed by atoms with van der Waals surface area (Å²) >= 11 is 0. The van der Waals surface area contributed by atoms with Crippen molar-refractivity contribution in [1.82, 2.24) is 5.32 Å². The van der Waals surface area contributed by atoms with Gasteiger partial charge in [-0.15, -0.1) is 0 Å². The molecular weight excluding hydrogens is 344 g/mol. The van der Waals surface area contributed by atoms with Crippen LogP contribution in [0.15, 0.2) is 48.5 Å². The highest BCUT2D eigenvalue weighted by Gasteiger charge is 2.61. The van der Waals surface area contributed by atoms with Crippen LogP contribution in [-0.4, -0.2) is 29.4 Å². The molecule has 0 heterocycles. The van der Waals surface area contributed by atoms with Crippen LogP contribution in [0, 0.1) is 5.92 Å². The molecular formula is C21H20N2O4. The molecule has 2 aliphatic rings. The molecule has 0 bridgehead atoms. The molecule has 6 heteroatoms. The quantitative estimate of drug-likeness (QED) is 0.759. The van der Waals surface area contributed by atoms with Gasteiger partial charge in [-0.2, -0.15) is 0 Å². The van der Waals surface area contributed by atoms with Crippen LogP contribution in [0.2, 0.25) is 0 Å². The van der Waals surface area contributed by atoms with Gasteiger partial charge in [0.15, 0.2) is 0 Å². The lowest BCUT2D eigenvalue weighted by atomic mass is 9.95. The number of carbonyl (C=O) groups is 3. The molecule has 2 aromatic carbocycles. The number of amides is 2. The topological polar surface area (TPSA) is 95.5 Å². The van der Waals surface area contributed by atoms with E-state index in [4.69, 9.17) is 5.11 Å². The zero-order valence-corrected chi connectivity index (χ0v) is 14.7. The summed E-state index contributed by atoms with van der Waals surface area (Å²) in [6.45, 7) is -0.428. The highest BCUT2D eigenvalue weighted by atomic mass is 16.4. The van der Waals surface area contributed by atoms with Crippen molar-refractivity contribution in [2.75, 3.05) is 11.9 Å². The summed E-state index contributed by atoms with van der Waals surface area (Å²) in [7, 11) is 0. The largest absolute Gasteiger partial charge is 0.480 e. The molecule has 3 N–H and O–H groups in total. The zero-order valence-electron chi connectivity index (χ0n) is 14.7. The van der Waals surface area contributed by atoms with Crippen molar-refractivity contribution < 1.29 is 19.5 Å². The Hall–Kier alpha value is -3.15. The van der Waals surface area contributed by atoms with Crippen molar-refractivity contribution >= 4 is 23.5 Å². The van der Waals surface area contributed by atoms with Gasteiger partial charge in [0.25, 0.3) is 5.91 Å². The van der Waals surface area contributed by atoms with E-state index >= 15 is 0 Å². The summed E-state index contributed by atoms with van der Waals surface area (Å²) < 4.78 is 0. The summed E-state index contributed by atoms with van der Waals surface area (Å²) in [6, 6.07) is 14.8. The van der Waals surface area contributed by atoms with Crippen molar-refractivity contribution in [1.29, 1.82) is 0 Å². The van der Waals surface area contributed by atoms with E-state index in [1.54, 1.807) is 24.3 Å². The minimum atomic E-state index is -1.10. The van der Waals surface area contributed by atoms with E-state index in [2.05, 4.69) is 22.8 Å². The molecule has 138 valence electrons. The van der Waals surface area contributed by atoms with E-state index in [9.17, 15) is 14.4 Å². The number of carboxylic acids is 1. The van der Waals surface area contributed by atoms with Crippen molar-refractivity contribution in [3.8, 4) is 0 Å². The number of fused-ring (bicyclic) bond motifs is 2. The third-order valence-electron chi connectivity index (χ3n) is 5.60. The van der Waals surface area contributed by atoms with Crippen LogP contribution in [0.25, 0.3) is 0 Å². The predicted octanol–water partition coefficient (Wildman–Crippen LogP) is 2.34. The Labute approximate surface area is 156 Å². The SMILES string of the molecule is O=C(O)CNC(=O)c1ccc(NC(=O)C2CC23CCc2ccccc23)cc1. The molecule has 2 aromatic rings. The molecule has 1 spiro atoms. The summed E-state index contributed by atoms with van der Waals surface area (Å²) in [5.41, 5.74) is 3.64. The van der Waals surface area contributed by atoms with E-state index in [-0.39, 0.29) is 17.2 Å². The summed E-state index contributed by atoms with van der Waals surface area (Å²) in [5, 5.41) is 13.8. The summed E-state index contributed by atoms with van der Waals surface area (Å²) in [5.74, 6) is -1.56. The second-order valence-corrected chi connectivity index (χ2v) is 7.21. The van der Waals surface area contributed by atoms with Gasteiger partial charge in [-0.1, -0.05) is 24.3 Å². The summed E-state index contributed by atoms with van der Waals surface area (Å²) in [6.07, 6.45) is 2.93. The number of carboxylic acid groups (broad SMARTS) is 1. The van der Waals surface area contributed by atoms with Gasteiger partial charge in [0.05, 0.1) is 0 Å². The van der Waals surface area contributed by atoms with Crippen LogP contribution >= 0.6 is 0 Å². The van der Waals surface area contributed by atoms with Gasteiger partial charge in [-0.05, 0) is 54.7 Å². The van der Waals surface area contributed by atoms with Crippen LogP contribution < -0.4 is 10.6 Å². The first-order chi connectivity index (χ1) is 13.0. The number of hydrogen-bond acceptors (Lipinski definition) is 3. The molecule has 2 aliphatic carbocycles. The van der Waals surface area contributed by atoms with E-state index in [1.165, 1.54) is 11.1 Å². The van der Waals surface area contributed by atoms with Gasteiger partial charge < -0.3 is 15.7 Å². The van der Waals surface area contributed by atoms with Gasteiger partial charge in [0.2, 0.25) is 5.91 Å². The molecule has 4 rings (SSSR count). The van der Waals surface area contributed by atoms with Gasteiger partial charge in [0, 0.05) is 22.6 Å². The maximum Gasteiger partial charge on any atom is 0.322 e. The second kappa shape index (κ2) is 6.54. The number of carbonyl (C=O) groups excluding carboxylic acids is 2. The zero-order chi connectivity index (χ0) is 19.0. The van der Waals surface area contributed by atoms with Crippen LogP contribution in [-0.2, 0) is 21.4 Å². The molecule has 2 amide bonds. The maximum absolute atomic E-state index is 12.7. The minimum absolute atomic E-state index is 0.00264. The Morgan fingerprint density at radius 1 is 1.07 bits per heavy atom. The molecule has 2 unspecified atom stereocenters. The van der Waals surface area contributed by atoms with Crippen LogP contribution in [0.4, 0.5) is 5.69 Å². The van der Waals surface area contributed by atoms with E-state index in [0.717, 1.165) is 19.3 Å². The number of nitrogens with one attached hydrogen (secondary N) is 2. The fourth-order valence-corrected chi connectivity index (χ4v) is 4.13. The normalized spacial score (nSPS) is 22.1. The van der Waals surface area contributed by atoms with Gasteiger partial charge in [-0.25, -0.2) is 0 Å². The van der Waals surface area contributed by atoms with Crippen LogP contribution in [0.5, 0.6) is 0 Å². The number of anilines is 1. The lowest BCUT2D eigenvalue weighted by Crippen LogP contribution is -2.29. The van der Waals surface area contributed by atoms with Gasteiger partial charge in [0.1, 0.15) is 6.54 Å². The molecule has 0 saturated heterocycles. The van der Waals surface area contributed by atoms with Crippen molar-refractivity contribution in [3.05, 3.63) is 65.2 Å². The molecule has 2 atom stereocenters. The highest BCUT2D eigenvalue weighted by molar-refractivity contribution is 5.98. The standard InChI is InChI=1S/C21H20N2O4/c24-18(25)12-22-19(26)14-5-7-15(8-6-14)23-20(27)17-11-21(17)10-9-13-3-1-2-4-16(13)21/h1-8,17H,9-12H2,(H,22,26)(H,23,27)(H,24,25). The number of aliphatic carboxylic acids is 1. The predicted molar refractivity (Wildman–Crippen MR) is 99.6 cm³/mol. The number of hydrogen-bond donors (Lipinski definition) is 3. The minimum Gasteiger partial charge on any atom is -0.480 e. The first-order valence-electron chi connectivity index (χ1n) is 8.99.